The fourth-order valence-corrected chi connectivity index (χ4v) is 3.01. The van der Waals surface area contributed by atoms with Crippen molar-refractivity contribution in [3.05, 3.63) is 16.6 Å². The van der Waals surface area contributed by atoms with Gasteiger partial charge in [-0.3, -0.25) is 0 Å². The van der Waals surface area contributed by atoms with Crippen LogP contribution in [-0.2, 0) is 0 Å². The molecule has 0 radical (unpaired) electrons. The molecule has 1 aliphatic heterocycles. The van der Waals surface area contributed by atoms with Crippen molar-refractivity contribution in [3.8, 4) is 0 Å². The Labute approximate surface area is 108 Å². The Hall–Kier alpha value is -0.450. The van der Waals surface area contributed by atoms with E-state index < -0.39 is 0 Å². The van der Waals surface area contributed by atoms with E-state index in [-0.39, 0.29) is 0 Å². The van der Waals surface area contributed by atoms with Crippen LogP contribution in [0.4, 0.5) is 0 Å². The van der Waals surface area contributed by atoms with E-state index in [1.807, 2.05) is 11.6 Å². The van der Waals surface area contributed by atoms with E-state index in [4.69, 9.17) is 0 Å². The molecular formula is C13H23N3S. The lowest BCUT2D eigenvalue weighted by atomic mass is 10.1. The lowest BCUT2D eigenvalue weighted by Gasteiger charge is -2.26. The van der Waals surface area contributed by atoms with Gasteiger partial charge in [-0.1, -0.05) is 6.42 Å². The van der Waals surface area contributed by atoms with Gasteiger partial charge in [-0.05, 0) is 52.4 Å². The molecule has 0 bridgehead atoms. The molecule has 0 spiro atoms. The molecule has 96 valence electrons. The van der Waals surface area contributed by atoms with Crippen molar-refractivity contribution < 1.29 is 0 Å². The minimum Gasteiger partial charge on any atom is -0.308 e. The van der Waals surface area contributed by atoms with Gasteiger partial charge in [0.25, 0.3) is 0 Å². The second kappa shape index (κ2) is 7.09. The highest BCUT2D eigenvalue weighted by Gasteiger charge is 2.10. The molecule has 17 heavy (non-hydrogen) atoms. The summed E-state index contributed by atoms with van der Waals surface area (Å²) in [5.74, 6) is 0. The van der Waals surface area contributed by atoms with Crippen molar-refractivity contribution in [2.45, 2.75) is 38.6 Å². The summed E-state index contributed by atoms with van der Waals surface area (Å²) in [5, 5.41) is 6.79. The van der Waals surface area contributed by atoms with E-state index >= 15 is 0 Å². The molecule has 3 nitrogen and oxygen atoms in total. The van der Waals surface area contributed by atoms with Gasteiger partial charge in [0.15, 0.2) is 0 Å². The second-order valence-electron chi connectivity index (χ2n) is 4.80. The lowest BCUT2D eigenvalue weighted by molar-refractivity contribution is 0.225. The standard InChI is InChI=1S/C13H23N3S/c1-12(13-15-7-11-17-13)14-6-5-10-16-8-3-2-4-9-16/h7,11-12,14H,2-6,8-10H2,1H3. The van der Waals surface area contributed by atoms with Gasteiger partial charge in [0.1, 0.15) is 5.01 Å². The molecule has 0 aromatic carbocycles. The number of nitrogens with one attached hydrogen (secondary N) is 1. The normalized spacial score (nSPS) is 19.4. The summed E-state index contributed by atoms with van der Waals surface area (Å²) in [4.78, 5) is 6.93. The molecule has 1 fully saturated rings. The summed E-state index contributed by atoms with van der Waals surface area (Å²) in [6.07, 6.45) is 7.34. The predicted molar refractivity (Wildman–Crippen MR) is 73.4 cm³/mol. The van der Waals surface area contributed by atoms with Gasteiger partial charge in [-0.15, -0.1) is 11.3 Å². The predicted octanol–water partition coefficient (Wildman–Crippen LogP) is 2.67. The van der Waals surface area contributed by atoms with Crippen molar-refractivity contribution in [1.82, 2.24) is 15.2 Å². The maximum Gasteiger partial charge on any atom is 0.109 e. The molecule has 0 aliphatic carbocycles. The lowest BCUT2D eigenvalue weighted by Crippen LogP contribution is -2.32. The first-order chi connectivity index (χ1) is 8.36. The van der Waals surface area contributed by atoms with Crippen LogP contribution >= 0.6 is 11.3 Å². The van der Waals surface area contributed by atoms with Crippen LogP contribution in [0.2, 0.25) is 0 Å². The van der Waals surface area contributed by atoms with E-state index in [1.165, 1.54) is 50.3 Å². The van der Waals surface area contributed by atoms with Crippen LogP contribution in [0.25, 0.3) is 0 Å². The Morgan fingerprint density at radius 2 is 2.24 bits per heavy atom. The highest BCUT2D eigenvalue weighted by atomic mass is 32.1. The Morgan fingerprint density at radius 3 is 2.94 bits per heavy atom. The molecule has 4 heteroatoms. The number of hydrogen-bond donors (Lipinski definition) is 1. The number of thiazole rings is 1. The maximum absolute atomic E-state index is 4.33. The van der Waals surface area contributed by atoms with E-state index in [9.17, 15) is 0 Å². The molecule has 2 heterocycles. The van der Waals surface area contributed by atoms with Gasteiger partial charge >= 0.3 is 0 Å². The van der Waals surface area contributed by atoms with Gasteiger partial charge in [0.05, 0.1) is 6.04 Å². The van der Waals surface area contributed by atoms with Crippen LogP contribution in [-0.4, -0.2) is 36.1 Å². The zero-order valence-corrected chi connectivity index (χ0v) is 11.5. The summed E-state index contributed by atoms with van der Waals surface area (Å²) in [6.45, 7) is 7.15. The molecule has 1 saturated heterocycles. The molecule has 1 unspecified atom stereocenters. The second-order valence-corrected chi connectivity index (χ2v) is 5.73. The SMILES string of the molecule is CC(NCCCN1CCCCC1)c1nccs1. The molecule has 1 aromatic heterocycles. The molecule has 0 saturated carbocycles. The van der Waals surface area contributed by atoms with Gasteiger partial charge in [0.2, 0.25) is 0 Å². The Bertz CT molecular complexity index is 294. The third-order valence-electron chi connectivity index (χ3n) is 3.37. The number of nitrogens with zero attached hydrogens (tertiary/aromatic N) is 2. The highest BCUT2D eigenvalue weighted by Crippen LogP contribution is 2.14. The van der Waals surface area contributed by atoms with Crippen molar-refractivity contribution in [3.63, 3.8) is 0 Å². The van der Waals surface area contributed by atoms with E-state index in [0.717, 1.165) is 6.54 Å². The summed E-state index contributed by atoms with van der Waals surface area (Å²) < 4.78 is 0. The largest absolute Gasteiger partial charge is 0.308 e. The zero-order chi connectivity index (χ0) is 11.9. The highest BCUT2D eigenvalue weighted by molar-refractivity contribution is 7.09. The zero-order valence-electron chi connectivity index (χ0n) is 10.7. The first kappa shape index (κ1) is 13.0. The third kappa shape index (κ3) is 4.37. The minimum atomic E-state index is 0.399. The molecule has 1 N–H and O–H groups in total. The van der Waals surface area contributed by atoms with Crippen molar-refractivity contribution in [2.24, 2.45) is 0 Å². The Balaban J connectivity index is 1.56. The molecule has 1 aliphatic rings. The van der Waals surface area contributed by atoms with Crippen LogP contribution in [0.5, 0.6) is 0 Å². The topological polar surface area (TPSA) is 28.2 Å². The van der Waals surface area contributed by atoms with E-state index in [0.29, 0.717) is 6.04 Å². The quantitative estimate of drug-likeness (QED) is 0.790. The molecule has 1 atom stereocenters. The summed E-state index contributed by atoms with van der Waals surface area (Å²) >= 11 is 1.73. The number of piperidine rings is 1. The summed E-state index contributed by atoms with van der Waals surface area (Å²) in [6, 6.07) is 0.399. The minimum absolute atomic E-state index is 0.399. The number of aromatic nitrogens is 1. The van der Waals surface area contributed by atoms with Gasteiger partial charge < -0.3 is 10.2 Å². The first-order valence-corrected chi connectivity index (χ1v) is 7.59. The van der Waals surface area contributed by atoms with Crippen LogP contribution in [0.15, 0.2) is 11.6 Å². The smallest absolute Gasteiger partial charge is 0.109 e. The first-order valence-electron chi connectivity index (χ1n) is 6.71. The van der Waals surface area contributed by atoms with E-state index in [1.54, 1.807) is 11.3 Å². The monoisotopic (exact) mass is 253 g/mol. The van der Waals surface area contributed by atoms with Crippen LogP contribution in [0, 0.1) is 0 Å². The van der Waals surface area contributed by atoms with Gasteiger partial charge in [0, 0.05) is 11.6 Å². The van der Waals surface area contributed by atoms with Crippen molar-refractivity contribution in [1.29, 1.82) is 0 Å². The Morgan fingerprint density at radius 1 is 1.41 bits per heavy atom. The van der Waals surface area contributed by atoms with Crippen LogP contribution in [0.1, 0.15) is 43.7 Å². The van der Waals surface area contributed by atoms with E-state index in [2.05, 4.69) is 22.1 Å². The molecule has 1 aromatic rings. The average molecular weight is 253 g/mol. The van der Waals surface area contributed by atoms with Crippen LogP contribution in [0.3, 0.4) is 0 Å². The number of likely N-dealkylation sites (tertiary alicyclic amines) is 1. The maximum atomic E-state index is 4.33. The fraction of sp³-hybridized carbons (Fsp3) is 0.769. The fourth-order valence-electron chi connectivity index (χ4n) is 2.34. The molecule has 0 amide bonds. The van der Waals surface area contributed by atoms with Gasteiger partial charge in [-0.2, -0.15) is 0 Å². The average Bonchev–Trinajstić information content (AvgIpc) is 2.89. The van der Waals surface area contributed by atoms with Crippen molar-refractivity contribution >= 4 is 11.3 Å². The number of rotatable bonds is 6. The molecule has 2 rings (SSSR count). The summed E-state index contributed by atoms with van der Waals surface area (Å²) in [7, 11) is 0. The Kier molecular flexibility index (Phi) is 5.42. The van der Waals surface area contributed by atoms with Crippen LogP contribution < -0.4 is 5.32 Å². The van der Waals surface area contributed by atoms with Gasteiger partial charge in [-0.25, -0.2) is 4.98 Å². The third-order valence-corrected chi connectivity index (χ3v) is 4.33. The molecular weight excluding hydrogens is 230 g/mol. The number of hydrogen-bond acceptors (Lipinski definition) is 4. The van der Waals surface area contributed by atoms with Crippen molar-refractivity contribution in [2.75, 3.05) is 26.2 Å². The summed E-state index contributed by atoms with van der Waals surface area (Å²) in [5.41, 5.74) is 0.